The number of rotatable bonds is 5. The second-order valence-electron chi connectivity index (χ2n) is 5.63. The SMILES string of the molecule is CCSCc1ccc(C(=O)NNC(=O)c2ccc3ccccc3n2)cc1. The summed E-state index contributed by atoms with van der Waals surface area (Å²) in [6.07, 6.45) is 0. The number of hydrogen-bond donors (Lipinski definition) is 2. The van der Waals surface area contributed by atoms with Crippen LogP contribution in [0.4, 0.5) is 0 Å². The minimum atomic E-state index is -0.458. The Bertz CT molecular complexity index is 926. The Labute approximate surface area is 156 Å². The number of nitrogens with one attached hydrogen (secondary N) is 2. The zero-order chi connectivity index (χ0) is 18.4. The third kappa shape index (κ3) is 4.40. The number of carbonyl (C=O) groups is 2. The molecule has 3 rings (SSSR count). The van der Waals surface area contributed by atoms with Crippen molar-refractivity contribution in [2.75, 3.05) is 5.75 Å². The summed E-state index contributed by atoms with van der Waals surface area (Å²) in [6.45, 7) is 2.11. The van der Waals surface area contributed by atoms with Gasteiger partial charge < -0.3 is 0 Å². The predicted octanol–water partition coefficient (Wildman–Crippen LogP) is 3.56. The zero-order valence-corrected chi connectivity index (χ0v) is 15.2. The quantitative estimate of drug-likeness (QED) is 0.678. The van der Waals surface area contributed by atoms with Crippen LogP contribution in [0.5, 0.6) is 0 Å². The highest BCUT2D eigenvalue weighted by atomic mass is 32.2. The first-order chi connectivity index (χ1) is 12.7. The van der Waals surface area contributed by atoms with Gasteiger partial charge >= 0.3 is 0 Å². The Kier molecular flexibility index (Phi) is 5.86. The Morgan fingerprint density at radius 1 is 0.923 bits per heavy atom. The van der Waals surface area contributed by atoms with Gasteiger partial charge in [0.2, 0.25) is 0 Å². The van der Waals surface area contributed by atoms with E-state index in [0.717, 1.165) is 28.0 Å². The van der Waals surface area contributed by atoms with E-state index in [9.17, 15) is 9.59 Å². The van der Waals surface area contributed by atoms with E-state index in [-0.39, 0.29) is 11.6 Å². The van der Waals surface area contributed by atoms with Crippen LogP contribution >= 0.6 is 11.8 Å². The molecular weight excluding hydrogens is 346 g/mol. The zero-order valence-electron chi connectivity index (χ0n) is 14.4. The normalized spacial score (nSPS) is 10.5. The molecule has 0 saturated carbocycles. The molecule has 0 saturated heterocycles. The summed E-state index contributed by atoms with van der Waals surface area (Å²) in [5.41, 5.74) is 7.46. The van der Waals surface area contributed by atoms with E-state index in [0.29, 0.717) is 5.56 Å². The van der Waals surface area contributed by atoms with Crippen LogP contribution in [0.2, 0.25) is 0 Å². The molecule has 2 amide bonds. The highest BCUT2D eigenvalue weighted by Gasteiger charge is 2.11. The predicted molar refractivity (Wildman–Crippen MR) is 105 cm³/mol. The van der Waals surface area contributed by atoms with Crippen molar-refractivity contribution in [1.82, 2.24) is 15.8 Å². The minimum Gasteiger partial charge on any atom is -0.267 e. The fourth-order valence-corrected chi connectivity index (χ4v) is 3.05. The maximum absolute atomic E-state index is 12.2. The van der Waals surface area contributed by atoms with E-state index in [1.54, 1.807) is 18.2 Å². The summed E-state index contributed by atoms with van der Waals surface area (Å²) in [4.78, 5) is 28.7. The number of carbonyl (C=O) groups excluding carboxylic acids is 2. The second kappa shape index (κ2) is 8.49. The third-order valence-corrected chi connectivity index (χ3v) is 4.76. The molecule has 0 aliphatic carbocycles. The van der Waals surface area contributed by atoms with Gasteiger partial charge in [0, 0.05) is 16.7 Å². The molecule has 0 radical (unpaired) electrons. The van der Waals surface area contributed by atoms with Crippen molar-refractivity contribution in [2.45, 2.75) is 12.7 Å². The highest BCUT2D eigenvalue weighted by molar-refractivity contribution is 7.98. The monoisotopic (exact) mass is 365 g/mol. The molecule has 0 fully saturated rings. The molecule has 2 N–H and O–H groups in total. The Hall–Kier alpha value is -2.86. The molecule has 132 valence electrons. The van der Waals surface area contributed by atoms with Gasteiger partial charge in [-0.15, -0.1) is 0 Å². The molecule has 0 aliphatic heterocycles. The van der Waals surface area contributed by atoms with Gasteiger partial charge in [-0.2, -0.15) is 11.8 Å². The number of para-hydroxylation sites is 1. The Balaban J connectivity index is 1.60. The van der Waals surface area contributed by atoms with Crippen molar-refractivity contribution in [3.8, 4) is 0 Å². The van der Waals surface area contributed by atoms with Gasteiger partial charge in [0.05, 0.1) is 5.52 Å². The van der Waals surface area contributed by atoms with E-state index in [1.165, 1.54) is 0 Å². The first-order valence-electron chi connectivity index (χ1n) is 8.30. The van der Waals surface area contributed by atoms with E-state index in [1.807, 2.05) is 54.2 Å². The van der Waals surface area contributed by atoms with Gasteiger partial charge in [-0.1, -0.05) is 43.3 Å². The van der Waals surface area contributed by atoms with Crippen LogP contribution in [-0.2, 0) is 5.75 Å². The molecule has 0 spiro atoms. The molecule has 1 heterocycles. The van der Waals surface area contributed by atoms with Crippen molar-refractivity contribution >= 4 is 34.5 Å². The van der Waals surface area contributed by atoms with Crippen molar-refractivity contribution < 1.29 is 9.59 Å². The molecule has 26 heavy (non-hydrogen) atoms. The first-order valence-corrected chi connectivity index (χ1v) is 9.46. The molecule has 0 unspecified atom stereocenters. The van der Waals surface area contributed by atoms with Crippen LogP contribution in [0.25, 0.3) is 10.9 Å². The summed E-state index contributed by atoms with van der Waals surface area (Å²) in [5.74, 6) is 1.15. The summed E-state index contributed by atoms with van der Waals surface area (Å²) >= 11 is 1.82. The fourth-order valence-electron chi connectivity index (χ4n) is 2.41. The van der Waals surface area contributed by atoms with Crippen LogP contribution < -0.4 is 10.9 Å². The summed E-state index contributed by atoms with van der Waals surface area (Å²) < 4.78 is 0. The molecular formula is C20H19N3O2S. The average Bonchev–Trinajstić information content (AvgIpc) is 2.70. The number of hydrogen-bond acceptors (Lipinski definition) is 4. The summed E-state index contributed by atoms with van der Waals surface area (Å²) in [5, 5.41) is 0.953. The first kappa shape index (κ1) is 17.9. The van der Waals surface area contributed by atoms with Gasteiger partial charge in [-0.05, 0) is 35.6 Å². The van der Waals surface area contributed by atoms with Gasteiger partial charge in [-0.25, -0.2) is 4.98 Å². The van der Waals surface area contributed by atoms with Crippen molar-refractivity contribution in [3.05, 3.63) is 77.5 Å². The van der Waals surface area contributed by atoms with Crippen molar-refractivity contribution in [2.24, 2.45) is 0 Å². The number of pyridine rings is 1. The number of nitrogens with zero attached hydrogens (tertiary/aromatic N) is 1. The third-order valence-electron chi connectivity index (χ3n) is 3.81. The largest absolute Gasteiger partial charge is 0.288 e. The highest BCUT2D eigenvalue weighted by Crippen LogP contribution is 2.13. The molecule has 5 nitrogen and oxygen atoms in total. The topological polar surface area (TPSA) is 71.1 Å². The van der Waals surface area contributed by atoms with Gasteiger partial charge in [0.25, 0.3) is 11.8 Å². The number of fused-ring (bicyclic) bond motifs is 1. The van der Waals surface area contributed by atoms with Crippen LogP contribution in [0.3, 0.4) is 0 Å². The van der Waals surface area contributed by atoms with Gasteiger partial charge in [0.15, 0.2) is 0 Å². The lowest BCUT2D eigenvalue weighted by molar-refractivity contribution is 0.0844. The van der Waals surface area contributed by atoms with E-state index < -0.39 is 5.91 Å². The van der Waals surface area contributed by atoms with Gasteiger partial charge in [0.1, 0.15) is 5.69 Å². The molecule has 0 atom stereocenters. The average molecular weight is 365 g/mol. The standard InChI is InChI=1S/C20H19N3O2S/c1-2-26-13-14-7-9-16(10-8-14)19(24)22-23-20(25)18-12-11-15-5-3-4-6-17(15)21-18/h3-12H,2,13H2,1H3,(H,22,24)(H,23,25). The molecule has 6 heteroatoms. The van der Waals surface area contributed by atoms with Crippen molar-refractivity contribution in [1.29, 1.82) is 0 Å². The number of benzene rings is 2. The molecule has 0 bridgehead atoms. The number of aromatic nitrogens is 1. The number of amides is 2. The fraction of sp³-hybridized carbons (Fsp3) is 0.150. The van der Waals surface area contributed by atoms with Gasteiger partial charge in [-0.3, -0.25) is 20.4 Å². The van der Waals surface area contributed by atoms with Crippen LogP contribution in [-0.4, -0.2) is 22.6 Å². The van der Waals surface area contributed by atoms with Crippen molar-refractivity contribution in [3.63, 3.8) is 0 Å². The van der Waals surface area contributed by atoms with Crippen LogP contribution in [0.15, 0.2) is 60.7 Å². The number of thioether (sulfide) groups is 1. The Morgan fingerprint density at radius 2 is 1.65 bits per heavy atom. The van der Waals surface area contributed by atoms with E-state index in [4.69, 9.17) is 0 Å². The molecule has 3 aromatic rings. The molecule has 0 aliphatic rings. The maximum atomic E-state index is 12.2. The number of hydrazine groups is 1. The smallest absolute Gasteiger partial charge is 0.267 e. The lowest BCUT2D eigenvalue weighted by Gasteiger charge is -2.08. The molecule has 2 aromatic carbocycles. The maximum Gasteiger partial charge on any atom is 0.288 e. The van der Waals surface area contributed by atoms with Crippen LogP contribution in [0.1, 0.15) is 33.3 Å². The lowest BCUT2D eigenvalue weighted by Crippen LogP contribution is -2.41. The lowest BCUT2D eigenvalue weighted by atomic mass is 10.1. The minimum absolute atomic E-state index is 0.246. The molecule has 1 aromatic heterocycles. The summed E-state index contributed by atoms with van der Waals surface area (Å²) in [6, 6.07) is 18.3. The van der Waals surface area contributed by atoms with Crippen LogP contribution in [0, 0.1) is 0 Å². The summed E-state index contributed by atoms with van der Waals surface area (Å²) in [7, 11) is 0. The van der Waals surface area contributed by atoms with E-state index in [2.05, 4.69) is 22.8 Å². The van der Waals surface area contributed by atoms with E-state index >= 15 is 0 Å². The Morgan fingerprint density at radius 3 is 2.42 bits per heavy atom. The second-order valence-corrected chi connectivity index (χ2v) is 6.91.